The molecule has 1 aromatic heterocycles. The van der Waals surface area contributed by atoms with Crippen LogP contribution in [0.5, 0.6) is 0 Å². The second kappa shape index (κ2) is 7.04. The van der Waals surface area contributed by atoms with Gasteiger partial charge < -0.3 is 10.2 Å². The molecule has 0 spiro atoms. The highest BCUT2D eigenvalue weighted by atomic mass is 16.1. The van der Waals surface area contributed by atoms with Crippen molar-refractivity contribution in [3.63, 3.8) is 0 Å². The first-order valence-corrected chi connectivity index (χ1v) is 7.21. The van der Waals surface area contributed by atoms with Crippen LogP contribution in [0.2, 0.25) is 0 Å². The maximum Gasteiger partial charge on any atom is 0.254 e. The number of aromatic nitrogens is 2. The normalized spacial score (nSPS) is 10.9. The van der Waals surface area contributed by atoms with Crippen LogP contribution in [0.15, 0.2) is 36.5 Å². The average molecular weight is 287 g/mol. The number of carbonyl (C=O) groups is 1. The number of amides is 1. The molecule has 0 aliphatic carbocycles. The molecule has 0 radical (unpaired) electrons. The summed E-state index contributed by atoms with van der Waals surface area (Å²) in [5.74, 6) is -0.0481. The zero-order chi connectivity index (χ0) is 15.2. The van der Waals surface area contributed by atoms with Crippen molar-refractivity contribution in [1.29, 1.82) is 0 Å². The fraction of sp³-hybridized carbons (Fsp3) is 0.375. The van der Waals surface area contributed by atoms with Gasteiger partial charge in [-0.25, -0.2) is 0 Å². The molecule has 0 aliphatic heterocycles. The van der Waals surface area contributed by atoms with E-state index in [9.17, 15) is 4.79 Å². The Kier molecular flexibility index (Phi) is 5.11. The number of hydrogen-bond donors (Lipinski definition) is 2. The molecule has 2 N–H and O–H groups in total. The van der Waals surface area contributed by atoms with Crippen molar-refractivity contribution in [1.82, 2.24) is 15.1 Å². The van der Waals surface area contributed by atoms with Crippen LogP contribution < -0.4 is 10.2 Å². The molecule has 0 unspecified atom stereocenters. The molecule has 1 aromatic carbocycles. The third-order valence-electron chi connectivity index (χ3n) is 3.43. The summed E-state index contributed by atoms with van der Waals surface area (Å²) < 4.78 is 1.86. The average Bonchev–Trinajstić information content (AvgIpc) is 2.81. The van der Waals surface area contributed by atoms with Gasteiger partial charge in [0.1, 0.15) is 0 Å². The van der Waals surface area contributed by atoms with E-state index in [1.54, 1.807) is 6.20 Å². The first kappa shape index (κ1) is 15.3. The van der Waals surface area contributed by atoms with Crippen LogP contribution in [0.25, 0.3) is 0 Å². The minimum atomic E-state index is -0.0481. The largest absolute Gasteiger partial charge is 0.346 e. The molecule has 2 aromatic rings. The molecule has 1 amide bonds. The van der Waals surface area contributed by atoms with Crippen molar-refractivity contribution in [2.75, 3.05) is 27.2 Å². The minimum absolute atomic E-state index is 0.0481. The summed E-state index contributed by atoms with van der Waals surface area (Å²) in [5.41, 5.74) is 2.72. The topological polar surface area (TPSA) is 51.4 Å². The standard InChI is InChI=1S/C16H22N4O/c1-13-15(16(21)17-9-10-19(2)3)11-18-20(13)12-14-7-5-4-6-8-14/h4-8,11H,9-10,12H2,1-3H3,(H,17,21)/p+1. The van der Waals surface area contributed by atoms with Gasteiger partial charge in [0.25, 0.3) is 5.91 Å². The highest BCUT2D eigenvalue weighted by molar-refractivity contribution is 5.95. The van der Waals surface area contributed by atoms with E-state index in [0.29, 0.717) is 18.7 Å². The first-order chi connectivity index (χ1) is 10.1. The van der Waals surface area contributed by atoms with Gasteiger partial charge in [-0.1, -0.05) is 30.3 Å². The van der Waals surface area contributed by atoms with Crippen LogP contribution in [0.3, 0.4) is 0 Å². The number of hydrogen-bond acceptors (Lipinski definition) is 2. The van der Waals surface area contributed by atoms with Gasteiger partial charge in [-0.2, -0.15) is 5.10 Å². The van der Waals surface area contributed by atoms with Crippen LogP contribution in [0, 0.1) is 6.92 Å². The summed E-state index contributed by atoms with van der Waals surface area (Å²) in [6.07, 6.45) is 1.65. The zero-order valence-electron chi connectivity index (χ0n) is 12.9. The van der Waals surface area contributed by atoms with Gasteiger partial charge in [-0.05, 0) is 12.5 Å². The minimum Gasteiger partial charge on any atom is -0.346 e. The van der Waals surface area contributed by atoms with E-state index in [0.717, 1.165) is 12.2 Å². The van der Waals surface area contributed by atoms with Gasteiger partial charge in [0.15, 0.2) is 0 Å². The molecule has 21 heavy (non-hydrogen) atoms. The van der Waals surface area contributed by atoms with Gasteiger partial charge in [0.05, 0.1) is 45.5 Å². The number of likely N-dealkylation sites (N-methyl/N-ethyl adjacent to an activating group) is 1. The third-order valence-corrected chi connectivity index (χ3v) is 3.43. The Balaban J connectivity index is 2.01. The lowest BCUT2D eigenvalue weighted by Gasteiger charge is -2.09. The Morgan fingerprint density at radius 3 is 2.67 bits per heavy atom. The van der Waals surface area contributed by atoms with E-state index >= 15 is 0 Å². The SMILES string of the molecule is Cc1c(C(=O)NCC[NH+](C)C)cnn1Cc1ccccc1. The molecule has 2 rings (SSSR count). The van der Waals surface area contributed by atoms with Crippen molar-refractivity contribution in [3.05, 3.63) is 53.3 Å². The summed E-state index contributed by atoms with van der Waals surface area (Å²) in [6.45, 7) is 4.19. The third kappa shape index (κ3) is 4.16. The van der Waals surface area contributed by atoms with Gasteiger partial charge >= 0.3 is 0 Å². The second-order valence-electron chi connectivity index (χ2n) is 5.50. The number of nitrogens with one attached hydrogen (secondary N) is 2. The monoisotopic (exact) mass is 287 g/mol. The van der Waals surface area contributed by atoms with Crippen LogP contribution in [-0.4, -0.2) is 42.9 Å². The maximum atomic E-state index is 12.1. The summed E-state index contributed by atoms with van der Waals surface area (Å²) in [5, 5.41) is 7.26. The van der Waals surface area contributed by atoms with Crippen molar-refractivity contribution in [2.24, 2.45) is 0 Å². The van der Waals surface area contributed by atoms with Gasteiger partial charge in [0, 0.05) is 5.69 Å². The maximum absolute atomic E-state index is 12.1. The number of carbonyl (C=O) groups excluding carboxylic acids is 1. The predicted molar refractivity (Wildman–Crippen MR) is 82.5 cm³/mol. The molecule has 5 nitrogen and oxygen atoms in total. The smallest absolute Gasteiger partial charge is 0.254 e. The Morgan fingerprint density at radius 2 is 2.00 bits per heavy atom. The van der Waals surface area contributed by atoms with Crippen molar-refractivity contribution in [3.8, 4) is 0 Å². The van der Waals surface area contributed by atoms with Gasteiger partial charge in [-0.3, -0.25) is 9.48 Å². The molecule has 0 saturated heterocycles. The van der Waals surface area contributed by atoms with Crippen LogP contribution in [0.4, 0.5) is 0 Å². The Morgan fingerprint density at radius 1 is 1.29 bits per heavy atom. The number of rotatable bonds is 6. The quantitative estimate of drug-likeness (QED) is 0.792. The molecule has 5 heteroatoms. The molecule has 0 atom stereocenters. The number of quaternary nitrogens is 1. The molecule has 1 heterocycles. The summed E-state index contributed by atoms with van der Waals surface area (Å²) in [4.78, 5) is 13.5. The Bertz CT molecular complexity index is 590. The van der Waals surface area contributed by atoms with E-state index in [2.05, 4.69) is 36.6 Å². The van der Waals surface area contributed by atoms with Crippen molar-refractivity contribution in [2.45, 2.75) is 13.5 Å². The van der Waals surface area contributed by atoms with E-state index in [1.807, 2.05) is 29.8 Å². The van der Waals surface area contributed by atoms with Crippen molar-refractivity contribution >= 4 is 5.91 Å². The Hall–Kier alpha value is -2.14. The highest BCUT2D eigenvalue weighted by Crippen LogP contribution is 2.10. The van der Waals surface area contributed by atoms with E-state index in [-0.39, 0.29) is 5.91 Å². The van der Waals surface area contributed by atoms with Gasteiger partial charge in [0.2, 0.25) is 0 Å². The number of nitrogens with zero attached hydrogens (tertiary/aromatic N) is 2. The van der Waals surface area contributed by atoms with Crippen LogP contribution in [-0.2, 0) is 6.54 Å². The van der Waals surface area contributed by atoms with E-state index < -0.39 is 0 Å². The van der Waals surface area contributed by atoms with E-state index in [4.69, 9.17) is 0 Å². The first-order valence-electron chi connectivity index (χ1n) is 7.21. The number of benzene rings is 1. The molecule has 0 bridgehead atoms. The lowest BCUT2D eigenvalue weighted by atomic mass is 10.2. The van der Waals surface area contributed by atoms with Gasteiger partial charge in [-0.15, -0.1) is 0 Å². The van der Waals surface area contributed by atoms with E-state index in [1.165, 1.54) is 10.5 Å². The molecule has 112 valence electrons. The zero-order valence-corrected chi connectivity index (χ0v) is 12.9. The molecule has 0 aliphatic rings. The fourth-order valence-electron chi connectivity index (χ4n) is 2.11. The summed E-state index contributed by atoms with van der Waals surface area (Å²) in [7, 11) is 4.13. The molecule has 0 saturated carbocycles. The highest BCUT2D eigenvalue weighted by Gasteiger charge is 2.14. The predicted octanol–water partition coefficient (Wildman–Crippen LogP) is 0.114. The summed E-state index contributed by atoms with van der Waals surface area (Å²) in [6, 6.07) is 10.1. The summed E-state index contributed by atoms with van der Waals surface area (Å²) >= 11 is 0. The van der Waals surface area contributed by atoms with Crippen LogP contribution >= 0.6 is 0 Å². The lowest BCUT2D eigenvalue weighted by Crippen LogP contribution is -3.06. The molecular weight excluding hydrogens is 264 g/mol. The second-order valence-corrected chi connectivity index (χ2v) is 5.50. The lowest BCUT2D eigenvalue weighted by molar-refractivity contribution is -0.856. The van der Waals surface area contributed by atoms with Crippen molar-refractivity contribution < 1.29 is 9.69 Å². The van der Waals surface area contributed by atoms with Crippen LogP contribution in [0.1, 0.15) is 21.6 Å². The molecule has 0 fully saturated rings. The molecular formula is C16H23N4O+. The fourth-order valence-corrected chi connectivity index (χ4v) is 2.11. The Labute approximate surface area is 125 Å².